The Bertz CT molecular complexity index is 899. The molecule has 1 fully saturated rings. The second-order valence-corrected chi connectivity index (χ2v) is 6.45. The van der Waals surface area contributed by atoms with E-state index in [9.17, 15) is 4.79 Å². The van der Waals surface area contributed by atoms with Gasteiger partial charge in [-0.25, -0.2) is 9.97 Å². The van der Waals surface area contributed by atoms with Gasteiger partial charge in [0, 0.05) is 24.3 Å². The number of carbonyl (C=O) groups is 1. The predicted molar refractivity (Wildman–Crippen MR) is 93.6 cm³/mol. The SMILES string of the molecule is O=C(c1cnc2c(c1)ncn2-c1cccc(Cl)c1)N1CCCCC1. The molecule has 1 aliphatic rings. The number of benzene rings is 1. The first-order valence-corrected chi connectivity index (χ1v) is 8.48. The molecule has 0 bridgehead atoms. The van der Waals surface area contributed by atoms with E-state index < -0.39 is 0 Å². The van der Waals surface area contributed by atoms with Crippen molar-refractivity contribution in [2.75, 3.05) is 13.1 Å². The van der Waals surface area contributed by atoms with Crippen molar-refractivity contribution >= 4 is 28.7 Å². The van der Waals surface area contributed by atoms with Gasteiger partial charge in [-0.15, -0.1) is 0 Å². The van der Waals surface area contributed by atoms with Crippen molar-refractivity contribution in [1.29, 1.82) is 0 Å². The summed E-state index contributed by atoms with van der Waals surface area (Å²) in [6.45, 7) is 1.65. The van der Waals surface area contributed by atoms with Crippen molar-refractivity contribution in [1.82, 2.24) is 19.4 Å². The van der Waals surface area contributed by atoms with E-state index in [0.717, 1.165) is 31.6 Å². The average molecular weight is 341 g/mol. The zero-order valence-corrected chi connectivity index (χ0v) is 13.9. The third kappa shape index (κ3) is 2.76. The van der Waals surface area contributed by atoms with E-state index in [4.69, 9.17) is 11.6 Å². The van der Waals surface area contributed by atoms with Crippen LogP contribution < -0.4 is 0 Å². The van der Waals surface area contributed by atoms with Crippen LogP contribution in [0, 0.1) is 0 Å². The number of piperidine rings is 1. The second-order valence-electron chi connectivity index (χ2n) is 6.01. The summed E-state index contributed by atoms with van der Waals surface area (Å²) in [4.78, 5) is 23.4. The molecule has 1 amide bonds. The molecule has 0 saturated carbocycles. The Morgan fingerprint density at radius 3 is 2.71 bits per heavy atom. The summed E-state index contributed by atoms with van der Waals surface area (Å²) in [6.07, 6.45) is 6.70. The average Bonchev–Trinajstić information content (AvgIpc) is 3.05. The lowest BCUT2D eigenvalue weighted by molar-refractivity contribution is 0.0724. The second kappa shape index (κ2) is 6.24. The molecule has 24 heavy (non-hydrogen) atoms. The largest absolute Gasteiger partial charge is 0.339 e. The Morgan fingerprint density at radius 1 is 1.08 bits per heavy atom. The molecule has 0 radical (unpaired) electrons. The van der Waals surface area contributed by atoms with Crippen molar-refractivity contribution < 1.29 is 4.79 Å². The van der Waals surface area contributed by atoms with Crippen LogP contribution in [0.5, 0.6) is 0 Å². The fraction of sp³-hybridized carbons (Fsp3) is 0.278. The number of imidazole rings is 1. The van der Waals surface area contributed by atoms with Crippen LogP contribution in [0.25, 0.3) is 16.9 Å². The summed E-state index contributed by atoms with van der Waals surface area (Å²) in [6, 6.07) is 9.34. The Kier molecular flexibility index (Phi) is 3.94. The molecular formula is C18H17ClN4O. The van der Waals surface area contributed by atoms with Crippen LogP contribution in [0.1, 0.15) is 29.6 Å². The maximum absolute atomic E-state index is 12.6. The van der Waals surface area contributed by atoms with Crippen LogP contribution in [0.2, 0.25) is 5.02 Å². The molecule has 1 saturated heterocycles. The summed E-state index contributed by atoms with van der Waals surface area (Å²) >= 11 is 6.06. The molecule has 3 aromatic rings. The molecule has 0 unspecified atom stereocenters. The van der Waals surface area contributed by atoms with Crippen molar-refractivity contribution in [2.24, 2.45) is 0 Å². The zero-order valence-electron chi connectivity index (χ0n) is 13.2. The molecule has 1 aromatic carbocycles. The molecule has 5 nitrogen and oxygen atoms in total. The third-order valence-corrected chi connectivity index (χ3v) is 4.60. The minimum absolute atomic E-state index is 0.0430. The van der Waals surface area contributed by atoms with Crippen LogP contribution in [0.15, 0.2) is 42.9 Å². The summed E-state index contributed by atoms with van der Waals surface area (Å²) < 4.78 is 1.87. The monoisotopic (exact) mass is 340 g/mol. The third-order valence-electron chi connectivity index (χ3n) is 4.36. The Morgan fingerprint density at radius 2 is 1.92 bits per heavy atom. The topological polar surface area (TPSA) is 51.0 Å². The number of likely N-dealkylation sites (tertiary alicyclic amines) is 1. The molecule has 0 spiro atoms. The molecule has 122 valence electrons. The fourth-order valence-corrected chi connectivity index (χ4v) is 3.30. The number of nitrogens with zero attached hydrogens (tertiary/aromatic N) is 4. The van der Waals surface area contributed by atoms with Gasteiger partial charge in [0.05, 0.1) is 11.3 Å². The van der Waals surface area contributed by atoms with E-state index in [1.54, 1.807) is 12.5 Å². The number of halogens is 1. The summed E-state index contributed by atoms with van der Waals surface area (Å²) in [7, 11) is 0. The number of hydrogen-bond acceptors (Lipinski definition) is 3. The van der Waals surface area contributed by atoms with E-state index in [1.807, 2.05) is 39.8 Å². The Balaban J connectivity index is 1.69. The van der Waals surface area contributed by atoms with Gasteiger partial charge in [0.1, 0.15) is 11.8 Å². The van der Waals surface area contributed by atoms with E-state index in [-0.39, 0.29) is 5.91 Å². The quantitative estimate of drug-likeness (QED) is 0.714. The lowest BCUT2D eigenvalue weighted by Crippen LogP contribution is -2.35. The van der Waals surface area contributed by atoms with E-state index in [0.29, 0.717) is 21.7 Å². The molecule has 0 aliphatic carbocycles. The van der Waals surface area contributed by atoms with Gasteiger partial charge in [-0.3, -0.25) is 9.36 Å². The summed E-state index contributed by atoms with van der Waals surface area (Å²) in [5.74, 6) is 0.0430. The summed E-state index contributed by atoms with van der Waals surface area (Å²) in [5.41, 5.74) is 2.92. The highest BCUT2D eigenvalue weighted by molar-refractivity contribution is 6.30. The number of pyridine rings is 1. The van der Waals surface area contributed by atoms with E-state index in [1.165, 1.54) is 6.42 Å². The molecule has 3 heterocycles. The molecule has 0 N–H and O–H groups in total. The molecule has 2 aromatic heterocycles. The van der Waals surface area contributed by atoms with Gasteiger partial charge in [0.25, 0.3) is 5.91 Å². The normalized spacial score (nSPS) is 15.0. The molecular weight excluding hydrogens is 324 g/mol. The van der Waals surface area contributed by atoms with Gasteiger partial charge in [-0.2, -0.15) is 0 Å². The Hall–Kier alpha value is -2.40. The van der Waals surface area contributed by atoms with Crippen LogP contribution in [-0.4, -0.2) is 38.4 Å². The standard InChI is InChI=1S/C18H17ClN4O/c19-14-5-4-6-15(10-14)23-12-21-16-9-13(11-20-17(16)23)18(24)22-7-2-1-3-8-22/h4-6,9-12H,1-3,7-8H2. The molecule has 1 aliphatic heterocycles. The first kappa shape index (κ1) is 15.1. The van der Waals surface area contributed by atoms with Gasteiger partial charge in [-0.05, 0) is 43.5 Å². The number of rotatable bonds is 2. The highest BCUT2D eigenvalue weighted by Crippen LogP contribution is 2.21. The molecule has 4 rings (SSSR count). The highest BCUT2D eigenvalue weighted by Gasteiger charge is 2.19. The molecule has 6 heteroatoms. The number of hydrogen-bond donors (Lipinski definition) is 0. The van der Waals surface area contributed by atoms with E-state index >= 15 is 0 Å². The highest BCUT2D eigenvalue weighted by atomic mass is 35.5. The van der Waals surface area contributed by atoms with Crippen LogP contribution in [-0.2, 0) is 0 Å². The van der Waals surface area contributed by atoms with Crippen molar-refractivity contribution in [2.45, 2.75) is 19.3 Å². The number of amides is 1. The lowest BCUT2D eigenvalue weighted by Gasteiger charge is -2.26. The fourth-order valence-electron chi connectivity index (χ4n) is 3.11. The van der Waals surface area contributed by atoms with Gasteiger partial charge in [0.15, 0.2) is 5.65 Å². The van der Waals surface area contributed by atoms with Crippen LogP contribution in [0.4, 0.5) is 0 Å². The van der Waals surface area contributed by atoms with E-state index in [2.05, 4.69) is 9.97 Å². The van der Waals surface area contributed by atoms with Gasteiger partial charge < -0.3 is 4.90 Å². The predicted octanol–water partition coefficient (Wildman–Crippen LogP) is 3.70. The number of fused-ring (bicyclic) bond motifs is 1. The summed E-state index contributed by atoms with van der Waals surface area (Å²) in [5, 5.41) is 0.659. The molecule has 0 atom stereocenters. The van der Waals surface area contributed by atoms with Crippen molar-refractivity contribution in [3.05, 3.63) is 53.4 Å². The van der Waals surface area contributed by atoms with Gasteiger partial charge in [-0.1, -0.05) is 17.7 Å². The van der Waals surface area contributed by atoms with Crippen LogP contribution >= 0.6 is 11.6 Å². The zero-order chi connectivity index (χ0) is 16.5. The maximum Gasteiger partial charge on any atom is 0.255 e. The number of aromatic nitrogens is 3. The van der Waals surface area contributed by atoms with Crippen molar-refractivity contribution in [3.8, 4) is 5.69 Å². The minimum atomic E-state index is 0.0430. The lowest BCUT2D eigenvalue weighted by atomic mass is 10.1. The maximum atomic E-state index is 12.6. The minimum Gasteiger partial charge on any atom is -0.339 e. The Labute approximate surface area is 144 Å². The first-order valence-electron chi connectivity index (χ1n) is 8.11. The van der Waals surface area contributed by atoms with Gasteiger partial charge in [0.2, 0.25) is 0 Å². The first-order chi connectivity index (χ1) is 11.7. The van der Waals surface area contributed by atoms with Crippen molar-refractivity contribution in [3.63, 3.8) is 0 Å². The van der Waals surface area contributed by atoms with Crippen LogP contribution in [0.3, 0.4) is 0 Å². The smallest absolute Gasteiger partial charge is 0.255 e. The number of carbonyl (C=O) groups excluding carboxylic acids is 1. The van der Waals surface area contributed by atoms with Gasteiger partial charge >= 0.3 is 0 Å².